The Hall–Kier alpha value is -1.57. The minimum atomic E-state index is 0.255. The van der Waals surface area contributed by atoms with Crippen molar-refractivity contribution in [2.75, 3.05) is 49.9 Å². The number of rotatable bonds is 5. The lowest BCUT2D eigenvalue weighted by Crippen LogP contribution is -2.56. The maximum atomic E-state index is 12.7. The summed E-state index contributed by atoms with van der Waals surface area (Å²) < 4.78 is 0.997. The summed E-state index contributed by atoms with van der Waals surface area (Å²) in [6, 6.07) is 11.2. The van der Waals surface area contributed by atoms with Crippen LogP contribution in [0.5, 0.6) is 0 Å². The topological polar surface area (TPSA) is 39.7 Å². The van der Waals surface area contributed by atoms with E-state index in [0.29, 0.717) is 11.8 Å². The Bertz CT molecular complexity index is 774. The van der Waals surface area contributed by atoms with Gasteiger partial charge in [0.2, 0.25) is 5.91 Å². The normalized spacial score (nSPS) is 21.1. The third-order valence-corrected chi connectivity index (χ3v) is 7.74. The van der Waals surface area contributed by atoms with Gasteiger partial charge in [0.1, 0.15) is 0 Å². The molecule has 2 aromatic rings. The monoisotopic (exact) mass is 416 g/mol. The number of amides is 1. The minimum absolute atomic E-state index is 0.255. The van der Waals surface area contributed by atoms with Gasteiger partial charge in [0.15, 0.2) is 4.34 Å². The lowest BCUT2D eigenvalue weighted by atomic mass is 10.0. The molecule has 2 aliphatic heterocycles. The van der Waals surface area contributed by atoms with Gasteiger partial charge in [-0.2, -0.15) is 0 Å². The number of nitrogens with zero attached hydrogens (tertiary/aromatic N) is 4. The van der Waals surface area contributed by atoms with E-state index < -0.39 is 0 Å². The predicted molar refractivity (Wildman–Crippen MR) is 117 cm³/mol. The number of carbonyl (C=O) groups is 1. The number of para-hydroxylation sites is 1. The first-order valence-corrected chi connectivity index (χ1v) is 11.9. The van der Waals surface area contributed by atoms with E-state index in [1.54, 1.807) is 23.1 Å². The van der Waals surface area contributed by atoms with Crippen molar-refractivity contribution in [3.05, 3.63) is 41.4 Å². The molecule has 7 heteroatoms. The molecule has 0 spiro atoms. The average molecular weight is 417 g/mol. The number of thioether (sulfide) groups is 1. The van der Waals surface area contributed by atoms with Crippen LogP contribution in [-0.2, 0) is 4.79 Å². The molecule has 3 heterocycles. The molecule has 2 saturated heterocycles. The lowest BCUT2D eigenvalue weighted by Gasteiger charge is -2.44. The number of thiazole rings is 1. The Labute approximate surface area is 175 Å². The maximum absolute atomic E-state index is 12.7. The molecule has 0 radical (unpaired) electrons. The number of aryl methyl sites for hydroxylation is 1. The zero-order valence-electron chi connectivity index (χ0n) is 16.4. The van der Waals surface area contributed by atoms with Gasteiger partial charge in [0.25, 0.3) is 0 Å². The van der Waals surface area contributed by atoms with Crippen molar-refractivity contribution in [3.63, 3.8) is 0 Å². The maximum Gasteiger partial charge on any atom is 0.233 e. The average Bonchev–Trinajstić information content (AvgIpc) is 3.18. The fourth-order valence-electron chi connectivity index (χ4n) is 4.08. The van der Waals surface area contributed by atoms with Crippen molar-refractivity contribution in [1.82, 2.24) is 14.8 Å². The van der Waals surface area contributed by atoms with E-state index in [4.69, 9.17) is 0 Å². The van der Waals surface area contributed by atoms with Crippen LogP contribution in [0.4, 0.5) is 5.69 Å². The molecule has 0 N–H and O–H groups in total. The van der Waals surface area contributed by atoms with Crippen molar-refractivity contribution in [2.24, 2.45) is 0 Å². The summed E-state index contributed by atoms with van der Waals surface area (Å²) in [6.45, 7) is 8.05. The second-order valence-electron chi connectivity index (χ2n) is 7.54. The van der Waals surface area contributed by atoms with Gasteiger partial charge < -0.3 is 9.80 Å². The van der Waals surface area contributed by atoms with Crippen molar-refractivity contribution >= 4 is 34.7 Å². The molecule has 2 aliphatic rings. The van der Waals surface area contributed by atoms with E-state index in [9.17, 15) is 4.79 Å². The SMILES string of the molecule is Cc1csc(SCC(=O)N2CCC[C@H](N3CCN(c4ccccc4)CC3)C2)n1. The fourth-order valence-corrected chi connectivity index (χ4v) is 5.83. The van der Waals surface area contributed by atoms with Gasteiger partial charge in [-0.25, -0.2) is 4.98 Å². The summed E-state index contributed by atoms with van der Waals surface area (Å²) in [4.78, 5) is 24.3. The van der Waals surface area contributed by atoms with Gasteiger partial charge in [0, 0.05) is 62.1 Å². The highest BCUT2D eigenvalue weighted by atomic mass is 32.2. The largest absolute Gasteiger partial charge is 0.369 e. The quantitative estimate of drug-likeness (QED) is 0.699. The molecule has 1 atom stereocenters. The summed E-state index contributed by atoms with van der Waals surface area (Å²) >= 11 is 3.20. The predicted octanol–water partition coefficient (Wildman–Crippen LogP) is 3.36. The van der Waals surface area contributed by atoms with Gasteiger partial charge in [-0.3, -0.25) is 9.69 Å². The second kappa shape index (κ2) is 9.29. The highest BCUT2D eigenvalue weighted by molar-refractivity contribution is 8.01. The van der Waals surface area contributed by atoms with Crippen LogP contribution in [0.2, 0.25) is 0 Å². The molecule has 5 nitrogen and oxygen atoms in total. The fraction of sp³-hybridized carbons (Fsp3) is 0.524. The minimum Gasteiger partial charge on any atom is -0.369 e. The highest BCUT2D eigenvalue weighted by Gasteiger charge is 2.30. The smallest absolute Gasteiger partial charge is 0.233 e. The molecule has 2 fully saturated rings. The molecule has 0 aliphatic carbocycles. The van der Waals surface area contributed by atoms with Crippen LogP contribution < -0.4 is 4.90 Å². The molecule has 4 rings (SSSR count). The Morgan fingerprint density at radius 2 is 1.96 bits per heavy atom. The molecule has 1 aromatic carbocycles. The van der Waals surface area contributed by atoms with Gasteiger partial charge >= 0.3 is 0 Å². The number of anilines is 1. The van der Waals surface area contributed by atoms with E-state index >= 15 is 0 Å². The van der Waals surface area contributed by atoms with E-state index in [2.05, 4.69) is 50.0 Å². The van der Waals surface area contributed by atoms with Gasteiger partial charge in [0.05, 0.1) is 5.75 Å². The van der Waals surface area contributed by atoms with Gasteiger partial charge in [-0.05, 0) is 31.9 Å². The zero-order chi connectivity index (χ0) is 19.3. The highest BCUT2D eigenvalue weighted by Crippen LogP contribution is 2.24. The van der Waals surface area contributed by atoms with Crippen molar-refractivity contribution < 1.29 is 4.79 Å². The number of carbonyl (C=O) groups excluding carboxylic acids is 1. The van der Waals surface area contributed by atoms with Crippen LogP contribution in [0.1, 0.15) is 18.5 Å². The van der Waals surface area contributed by atoms with Gasteiger partial charge in [-0.15, -0.1) is 11.3 Å². The van der Waals surface area contributed by atoms with Crippen molar-refractivity contribution in [1.29, 1.82) is 0 Å². The standard InChI is InChI=1S/C21H28N4OS2/c1-17-15-27-21(22-17)28-16-20(26)25-9-5-8-19(14-25)24-12-10-23(11-13-24)18-6-3-2-4-7-18/h2-4,6-7,15,19H,5,8-14,16H2,1H3/t19-/m0/s1. The molecule has 0 bridgehead atoms. The number of piperazine rings is 1. The van der Waals surface area contributed by atoms with E-state index in [1.165, 1.54) is 12.1 Å². The first-order valence-electron chi connectivity index (χ1n) is 10.1. The summed E-state index contributed by atoms with van der Waals surface area (Å²) in [5.41, 5.74) is 2.35. The zero-order valence-corrected chi connectivity index (χ0v) is 18.1. The van der Waals surface area contributed by atoms with Crippen LogP contribution in [-0.4, -0.2) is 71.8 Å². The number of piperidine rings is 1. The Balaban J connectivity index is 1.26. The molecule has 1 amide bonds. The van der Waals surface area contributed by atoms with Crippen molar-refractivity contribution in [3.8, 4) is 0 Å². The molecular formula is C21H28N4OS2. The molecule has 28 heavy (non-hydrogen) atoms. The molecule has 0 unspecified atom stereocenters. The molecule has 0 saturated carbocycles. The summed E-state index contributed by atoms with van der Waals surface area (Å²) in [6.07, 6.45) is 2.31. The number of benzene rings is 1. The van der Waals surface area contributed by atoms with Crippen LogP contribution in [0.25, 0.3) is 0 Å². The van der Waals surface area contributed by atoms with Crippen LogP contribution in [0.3, 0.4) is 0 Å². The first-order chi connectivity index (χ1) is 13.7. The first kappa shape index (κ1) is 19.7. The van der Waals surface area contributed by atoms with E-state index in [0.717, 1.165) is 55.7 Å². The van der Waals surface area contributed by atoms with Crippen LogP contribution in [0.15, 0.2) is 40.1 Å². The van der Waals surface area contributed by atoms with Crippen LogP contribution >= 0.6 is 23.1 Å². The van der Waals surface area contributed by atoms with E-state index in [-0.39, 0.29) is 5.91 Å². The Morgan fingerprint density at radius 1 is 1.18 bits per heavy atom. The summed E-state index contributed by atoms with van der Waals surface area (Å²) in [5.74, 6) is 0.757. The third-order valence-electron chi connectivity index (χ3n) is 5.62. The van der Waals surface area contributed by atoms with Crippen molar-refractivity contribution in [2.45, 2.75) is 30.1 Å². The van der Waals surface area contributed by atoms with Gasteiger partial charge in [-0.1, -0.05) is 30.0 Å². The summed E-state index contributed by atoms with van der Waals surface area (Å²) in [7, 11) is 0. The molecular weight excluding hydrogens is 388 g/mol. The number of aromatic nitrogens is 1. The van der Waals surface area contributed by atoms with Crippen LogP contribution in [0, 0.1) is 6.92 Å². The third kappa shape index (κ3) is 4.88. The lowest BCUT2D eigenvalue weighted by molar-refractivity contribution is -0.130. The Morgan fingerprint density at radius 3 is 2.68 bits per heavy atom. The van der Waals surface area contributed by atoms with E-state index in [1.807, 2.05) is 12.3 Å². The second-order valence-corrected chi connectivity index (χ2v) is 9.62. The summed E-state index contributed by atoms with van der Waals surface area (Å²) in [5, 5.41) is 2.04. The number of likely N-dealkylation sites (tertiary alicyclic amines) is 1. The molecule has 1 aromatic heterocycles. The molecule has 150 valence electrons. The Kier molecular flexibility index (Phi) is 6.54. The number of hydrogen-bond acceptors (Lipinski definition) is 6. The number of hydrogen-bond donors (Lipinski definition) is 0.